The molecule has 1 N–H and O–H groups in total. The number of hydrogen-bond donors (Lipinski definition) is 1. The number of rotatable bonds is 0. The number of nitrogens with zero attached hydrogens (tertiary/aromatic N) is 2. The van der Waals surface area contributed by atoms with Crippen molar-refractivity contribution in [1.82, 2.24) is 14.9 Å². The van der Waals surface area contributed by atoms with Crippen molar-refractivity contribution >= 4 is 5.91 Å². The van der Waals surface area contributed by atoms with Crippen molar-refractivity contribution in [3.8, 4) is 0 Å². The van der Waals surface area contributed by atoms with Crippen LogP contribution in [-0.4, -0.2) is 34.4 Å². The van der Waals surface area contributed by atoms with Gasteiger partial charge in [0.05, 0.1) is 6.33 Å². The molecule has 4 nitrogen and oxygen atoms in total. The molecule has 4 heteroatoms. The van der Waals surface area contributed by atoms with Gasteiger partial charge in [0.15, 0.2) is 0 Å². The molecular weight excluding hydrogens is 154 g/mol. The highest BCUT2D eigenvalue weighted by Crippen LogP contribution is 2.04. The summed E-state index contributed by atoms with van der Waals surface area (Å²) in [4.78, 5) is 18.7. The van der Waals surface area contributed by atoms with E-state index in [-0.39, 0.29) is 0 Å². The maximum Gasteiger partial charge on any atom is 0.222 e. The lowest BCUT2D eigenvalue weighted by Gasteiger charge is -2.03. The lowest BCUT2D eigenvalue weighted by atomic mass is 10.4. The van der Waals surface area contributed by atoms with Gasteiger partial charge in [-0.15, -0.1) is 0 Å². The third-order valence-corrected chi connectivity index (χ3v) is 1.72. The molecule has 0 radical (unpaired) electrons. The van der Waals surface area contributed by atoms with Crippen LogP contribution in [0.25, 0.3) is 0 Å². The van der Waals surface area contributed by atoms with Gasteiger partial charge in [0.2, 0.25) is 5.91 Å². The van der Waals surface area contributed by atoms with Gasteiger partial charge in [-0.25, -0.2) is 4.98 Å². The Hall–Kier alpha value is -1.32. The van der Waals surface area contributed by atoms with Crippen molar-refractivity contribution in [3.05, 3.63) is 18.7 Å². The molecule has 0 atom stereocenters. The first-order chi connectivity index (χ1) is 5.80. The fourth-order valence-corrected chi connectivity index (χ4v) is 0.998. The normalized spacial score (nSPS) is 15.8. The van der Waals surface area contributed by atoms with Crippen molar-refractivity contribution in [2.24, 2.45) is 0 Å². The summed E-state index contributed by atoms with van der Waals surface area (Å²) in [6.45, 7) is 0.957. The third-order valence-electron chi connectivity index (χ3n) is 1.72. The second-order valence-electron chi connectivity index (χ2n) is 2.68. The second-order valence-corrected chi connectivity index (χ2v) is 2.68. The topological polar surface area (TPSA) is 49.0 Å². The summed E-state index contributed by atoms with van der Waals surface area (Å²) in [6.07, 6.45) is 6.89. The number of carbonyl (C=O) groups excluding carboxylic acids is 1. The average molecular weight is 167 g/mol. The van der Waals surface area contributed by atoms with Crippen molar-refractivity contribution in [3.63, 3.8) is 0 Å². The summed E-state index contributed by atoms with van der Waals surface area (Å²) in [5.41, 5.74) is 0. The Bertz CT molecular complexity index is 203. The lowest BCUT2D eigenvalue weighted by Crippen LogP contribution is -2.17. The summed E-state index contributed by atoms with van der Waals surface area (Å²) < 4.78 is 0. The van der Waals surface area contributed by atoms with Gasteiger partial charge in [-0.2, -0.15) is 0 Å². The van der Waals surface area contributed by atoms with Gasteiger partial charge < -0.3 is 9.88 Å². The summed E-state index contributed by atoms with van der Waals surface area (Å²) in [5, 5.41) is 0. The minimum atomic E-state index is 0.292. The minimum Gasteiger partial charge on any atom is -0.351 e. The fraction of sp³-hybridized carbons (Fsp3) is 0.500. The highest BCUT2D eigenvalue weighted by molar-refractivity contribution is 5.77. The molecule has 0 bridgehead atoms. The van der Waals surface area contributed by atoms with Crippen LogP contribution in [0.1, 0.15) is 12.8 Å². The van der Waals surface area contributed by atoms with Crippen LogP contribution >= 0.6 is 0 Å². The molecule has 1 aliphatic rings. The SMILES string of the molecule is CN1CCCC1=O.c1c[nH]cn1. The minimum absolute atomic E-state index is 0.292. The number of nitrogens with one attached hydrogen (secondary N) is 1. The standard InChI is InChI=1S/C5H9NO.C3H4N2/c1-6-4-2-3-5(6)7;1-2-5-3-4-1/h2-4H2,1H3;1-3H,(H,4,5). The zero-order chi connectivity index (χ0) is 8.81. The van der Waals surface area contributed by atoms with Crippen LogP contribution in [0.2, 0.25) is 0 Å². The van der Waals surface area contributed by atoms with Crippen molar-refractivity contribution in [1.29, 1.82) is 0 Å². The Morgan fingerprint density at radius 3 is 2.67 bits per heavy atom. The molecule has 1 aromatic heterocycles. The van der Waals surface area contributed by atoms with E-state index in [4.69, 9.17) is 0 Å². The van der Waals surface area contributed by atoms with E-state index in [0.717, 1.165) is 19.4 Å². The Labute approximate surface area is 71.6 Å². The van der Waals surface area contributed by atoms with E-state index in [1.807, 2.05) is 7.05 Å². The molecule has 0 unspecified atom stereocenters. The molecule has 1 aromatic rings. The molecule has 1 amide bonds. The fourth-order valence-electron chi connectivity index (χ4n) is 0.998. The van der Waals surface area contributed by atoms with E-state index >= 15 is 0 Å². The molecule has 1 fully saturated rings. The summed E-state index contributed by atoms with van der Waals surface area (Å²) in [7, 11) is 1.84. The Morgan fingerprint density at radius 1 is 1.67 bits per heavy atom. The summed E-state index contributed by atoms with van der Waals surface area (Å²) >= 11 is 0. The Balaban J connectivity index is 0.000000127. The highest BCUT2D eigenvalue weighted by Gasteiger charge is 2.14. The van der Waals surface area contributed by atoms with Gasteiger partial charge in [0.25, 0.3) is 0 Å². The van der Waals surface area contributed by atoms with Crippen LogP contribution in [0, 0.1) is 0 Å². The molecule has 0 saturated carbocycles. The molecule has 0 aliphatic carbocycles. The Kier molecular flexibility index (Phi) is 3.32. The molecule has 0 spiro atoms. The predicted molar refractivity (Wildman–Crippen MR) is 45.5 cm³/mol. The maximum atomic E-state index is 10.5. The third kappa shape index (κ3) is 2.74. The van der Waals surface area contributed by atoms with E-state index in [1.54, 1.807) is 23.6 Å². The van der Waals surface area contributed by atoms with E-state index in [1.165, 1.54) is 0 Å². The van der Waals surface area contributed by atoms with Crippen molar-refractivity contribution < 1.29 is 4.79 Å². The number of aromatic nitrogens is 2. The first-order valence-corrected chi connectivity index (χ1v) is 3.97. The van der Waals surface area contributed by atoms with Crippen LogP contribution in [0.3, 0.4) is 0 Å². The van der Waals surface area contributed by atoms with E-state index < -0.39 is 0 Å². The van der Waals surface area contributed by atoms with Gasteiger partial charge in [-0.3, -0.25) is 4.79 Å². The largest absolute Gasteiger partial charge is 0.351 e. The maximum absolute atomic E-state index is 10.5. The molecule has 1 aliphatic heterocycles. The van der Waals surface area contributed by atoms with Crippen molar-refractivity contribution in [2.45, 2.75) is 12.8 Å². The molecule has 2 rings (SSSR count). The quantitative estimate of drug-likeness (QED) is 0.616. The molecule has 2 heterocycles. The first-order valence-electron chi connectivity index (χ1n) is 3.97. The number of likely N-dealkylation sites (tertiary alicyclic amines) is 1. The van der Waals surface area contributed by atoms with E-state index in [2.05, 4.69) is 9.97 Å². The van der Waals surface area contributed by atoms with Gasteiger partial charge >= 0.3 is 0 Å². The molecular formula is C8H13N3O. The number of imidazole rings is 1. The van der Waals surface area contributed by atoms with Crippen LogP contribution in [0.4, 0.5) is 0 Å². The number of carbonyl (C=O) groups is 1. The zero-order valence-corrected chi connectivity index (χ0v) is 7.16. The number of H-pyrrole nitrogens is 1. The number of aromatic amines is 1. The second kappa shape index (κ2) is 4.54. The van der Waals surface area contributed by atoms with Gasteiger partial charge in [-0.05, 0) is 6.42 Å². The van der Waals surface area contributed by atoms with Crippen molar-refractivity contribution in [2.75, 3.05) is 13.6 Å². The lowest BCUT2D eigenvalue weighted by molar-refractivity contribution is -0.126. The van der Waals surface area contributed by atoms with Crippen LogP contribution in [-0.2, 0) is 4.79 Å². The molecule has 1 saturated heterocycles. The van der Waals surface area contributed by atoms with Crippen LogP contribution in [0.15, 0.2) is 18.7 Å². The Morgan fingerprint density at radius 2 is 2.50 bits per heavy atom. The predicted octanol–water partition coefficient (Wildman–Crippen LogP) is 0.648. The monoisotopic (exact) mass is 167 g/mol. The highest BCUT2D eigenvalue weighted by atomic mass is 16.2. The van der Waals surface area contributed by atoms with Crippen LogP contribution in [0.5, 0.6) is 0 Å². The van der Waals surface area contributed by atoms with Gasteiger partial charge in [0.1, 0.15) is 0 Å². The van der Waals surface area contributed by atoms with Crippen LogP contribution < -0.4 is 0 Å². The first kappa shape index (κ1) is 8.77. The van der Waals surface area contributed by atoms with Gasteiger partial charge in [0, 0.05) is 32.4 Å². The molecule has 66 valence electrons. The summed E-state index contributed by atoms with van der Waals surface area (Å²) in [6, 6.07) is 0. The molecule has 0 aromatic carbocycles. The number of hydrogen-bond acceptors (Lipinski definition) is 2. The zero-order valence-electron chi connectivity index (χ0n) is 7.16. The van der Waals surface area contributed by atoms with Gasteiger partial charge in [-0.1, -0.05) is 0 Å². The molecule has 12 heavy (non-hydrogen) atoms. The van der Waals surface area contributed by atoms with E-state index in [0.29, 0.717) is 5.91 Å². The van der Waals surface area contributed by atoms with E-state index in [9.17, 15) is 4.79 Å². The number of amides is 1. The smallest absolute Gasteiger partial charge is 0.222 e. The summed E-state index contributed by atoms with van der Waals surface area (Å²) in [5.74, 6) is 0.292. The average Bonchev–Trinajstić information content (AvgIpc) is 2.67.